The Balaban J connectivity index is 1.44. The van der Waals surface area contributed by atoms with E-state index in [-0.39, 0.29) is 18.5 Å². The molecule has 3 aromatic rings. The van der Waals surface area contributed by atoms with Gasteiger partial charge >= 0.3 is 6.01 Å². The van der Waals surface area contributed by atoms with Crippen molar-refractivity contribution in [3.8, 4) is 17.2 Å². The molecule has 1 amide bonds. The van der Waals surface area contributed by atoms with Gasteiger partial charge in [0.25, 0.3) is 0 Å². The molecule has 1 heterocycles. The van der Waals surface area contributed by atoms with Gasteiger partial charge in [0.05, 0.1) is 13.2 Å². The van der Waals surface area contributed by atoms with Crippen molar-refractivity contribution in [1.29, 1.82) is 0 Å². The van der Waals surface area contributed by atoms with E-state index in [1.54, 1.807) is 0 Å². The van der Waals surface area contributed by atoms with Crippen LogP contribution in [-0.2, 0) is 4.79 Å². The standard InChI is InChI=1S/C21H24N4O3/c1-2-3-7-14-27-18-12-10-17(11-13-18)22-15-19(26)23-21-25-24-20(28-21)16-8-5-4-6-9-16/h4-6,8-13,22H,2-3,7,14-15H2,1H3,(H,23,25,26). The number of nitrogens with zero attached hydrogens (tertiary/aromatic N) is 2. The number of rotatable bonds is 10. The normalized spacial score (nSPS) is 10.5. The number of carbonyl (C=O) groups is 1. The summed E-state index contributed by atoms with van der Waals surface area (Å²) in [5, 5.41) is 13.4. The third-order valence-electron chi connectivity index (χ3n) is 4.02. The van der Waals surface area contributed by atoms with E-state index in [4.69, 9.17) is 9.15 Å². The molecule has 2 N–H and O–H groups in total. The summed E-state index contributed by atoms with van der Waals surface area (Å²) in [6.07, 6.45) is 3.39. The van der Waals surface area contributed by atoms with Gasteiger partial charge in [-0.2, -0.15) is 0 Å². The zero-order chi connectivity index (χ0) is 19.6. The summed E-state index contributed by atoms with van der Waals surface area (Å²) in [6, 6.07) is 17.0. The van der Waals surface area contributed by atoms with Crippen molar-refractivity contribution in [3.63, 3.8) is 0 Å². The maximum Gasteiger partial charge on any atom is 0.322 e. The number of aromatic nitrogens is 2. The predicted molar refractivity (Wildman–Crippen MR) is 108 cm³/mol. The Bertz CT molecular complexity index is 863. The number of unbranched alkanes of at least 4 members (excludes halogenated alkanes) is 2. The van der Waals surface area contributed by atoms with Crippen molar-refractivity contribution in [2.45, 2.75) is 26.2 Å². The molecule has 0 spiro atoms. The molecule has 7 nitrogen and oxygen atoms in total. The van der Waals surface area contributed by atoms with Gasteiger partial charge in [0.1, 0.15) is 5.75 Å². The summed E-state index contributed by atoms with van der Waals surface area (Å²) in [7, 11) is 0. The molecular formula is C21H24N4O3. The summed E-state index contributed by atoms with van der Waals surface area (Å²) in [4.78, 5) is 12.1. The fraction of sp³-hybridized carbons (Fsp3) is 0.286. The van der Waals surface area contributed by atoms with Gasteiger partial charge < -0.3 is 14.5 Å². The van der Waals surface area contributed by atoms with Crippen molar-refractivity contribution in [1.82, 2.24) is 10.2 Å². The number of benzene rings is 2. The molecule has 0 unspecified atom stereocenters. The van der Waals surface area contributed by atoms with Crippen molar-refractivity contribution in [3.05, 3.63) is 54.6 Å². The second-order valence-electron chi connectivity index (χ2n) is 6.26. The van der Waals surface area contributed by atoms with Crippen molar-refractivity contribution < 1.29 is 13.9 Å². The van der Waals surface area contributed by atoms with Crippen LogP contribution in [0.3, 0.4) is 0 Å². The van der Waals surface area contributed by atoms with Crippen molar-refractivity contribution in [2.24, 2.45) is 0 Å². The molecule has 146 valence electrons. The second-order valence-corrected chi connectivity index (χ2v) is 6.26. The molecule has 28 heavy (non-hydrogen) atoms. The van der Waals surface area contributed by atoms with Gasteiger partial charge in [0.15, 0.2) is 0 Å². The van der Waals surface area contributed by atoms with Crippen LogP contribution in [0.25, 0.3) is 11.5 Å². The van der Waals surface area contributed by atoms with Gasteiger partial charge in [-0.05, 0) is 42.8 Å². The Morgan fingerprint density at radius 3 is 2.57 bits per heavy atom. The lowest BCUT2D eigenvalue weighted by Crippen LogP contribution is -2.21. The average Bonchev–Trinajstić information content (AvgIpc) is 3.20. The molecule has 0 radical (unpaired) electrons. The molecular weight excluding hydrogens is 356 g/mol. The van der Waals surface area contributed by atoms with Gasteiger partial charge in [-0.25, -0.2) is 0 Å². The predicted octanol–water partition coefficient (Wildman–Crippen LogP) is 4.36. The molecule has 2 aromatic carbocycles. The van der Waals surface area contributed by atoms with E-state index in [0.717, 1.165) is 30.0 Å². The topological polar surface area (TPSA) is 89.3 Å². The van der Waals surface area contributed by atoms with Crippen molar-refractivity contribution >= 4 is 17.6 Å². The van der Waals surface area contributed by atoms with Crippen LogP contribution in [0, 0.1) is 0 Å². The Morgan fingerprint density at radius 1 is 1.04 bits per heavy atom. The first-order chi connectivity index (χ1) is 13.7. The van der Waals surface area contributed by atoms with E-state index in [9.17, 15) is 4.79 Å². The molecule has 1 aromatic heterocycles. The monoisotopic (exact) mass is 380 g/mol. The van der Waals surface area contributed by atoms with E-state index in [1.807, 2.05) is 54.6 Å². The number of ether oxygens (including phenoxy) is 1. The highest BCUT2D eigenvalue weighted by Crippen LogP contribution is 2.19. The van der Waals surface area contributed by atoms with Crippen LogP contribution in [0.15, 0.2) is 59.0 Å². The first-order valence-electron chi connectivity index (χ1n) is 9.40. The minimum absolute atomic E-state index is 0.0708. The molecule has 0 fully saturated rings. The minimum Gasteiger partial charge on any atom is -0.494 e. The third kappa shape index (κ3) is 5.84. The highest BCUT2D eigenvalue weighted by molar-refractivity contribution is 5.91. The fourth-order valence-electron chi connectivity index (χ4n) is 2.53. The van der Waals surface area contributed by atoms with Gasteiger partial charge in [-0.15, -0.1) is 5.10 Å². The van der Waals surface area contributed by atoms with Crippen molar-refractivity contribution in [2.75, 3.05) is 23.8 Å². The third-order valence-corrected chi connectivity index (χ3v) is 4.02. The molecule has 0 aliphatic heterocycles. The van der Waals surface area contributed by atoms with E-state index in [2.05, 4.69) is 27.8 Å². The van der Waals surface area contributed by atoms with Crippen LogP contribution in [0.1, 0.15) is 26.2 Å². The Labute approximate surface area is 164 Å². The Hall–Kier alpha value is -3.35. The van der Waals surface area contributed by atoms with Gasteiger partial charge in [-0.3, -0.25) is 10.1 Å². The number of nitrogens with one attached hydrogen (secondary N) is 2. The number of amides is 1. The van der Waals surface area contributed by atoms with E-state index in [1.165, 1.54) is 12.8 Å². The maximum absolute atomic E-state index is 12.1. The summed E-state index contributed by atoms with van der Waals surface area (Å²) in [6.45, 7) is 2.97. The molecule has 0 atom stereocenters. The van der Waals surface area contributed by atoms with Crippen LogP contribution in [0.2, 0.25) is 0 Å². The first-order valence-corrected chi connectivity index (χ1v) is 9.40. The summed E-state index contributed by atoms with van der Waals surface area (Å²) in [5.74, 6) is 0.909. The highest BCUT2D eigenvalue weighted by atomic mass is 16.5. The number of anilines is 2. The highest BCUT2D eigenvalue weighted by Gasteiger charge is 2.11. The number of carbonyl (C=O) groups excluding carboxylic acids is 1. The Kier molecular flexibility index (Phi) is 7.01. The lowest BCUT2D eigenvalue weighted by Gasteiger charge is -2.08. The lowest BCUT2D eigenvalue weighted by molar-refractivity contribution is -0.114. The molecule has 3 rings (SSSR count). The fourth-order valence-corrected chi connectivity index (χ4v) is 2.53. The largest absolute Gasteiger partial charge is 0.494 e. The van der Waals surface area contributed by atoms with E-state index >= 15 is 0 Å². The van der Waals surface area contributed by atoms with Crippen LogP contribution in [0.5, 0.6) is 5.75 Å². The van der Waals surface area contributed by atoms with Gasteiger partial charge in [0, 0.05) is 11.3 Å². The molecule has 7 heteroatoms. The number of hydrogen-bond acceptors (Lipinski definition) is 6. The minimum atomic E-state index is -0.275. The molecule has 0 saturated carbocycles. The quantitative estimate of drug-likeness (QED) is 0.508. The molecule has 0 saturated heterocycles. The lowest BCUT2D eigenvalue weighted by atomic mass is 10.2. The maximum atomic E-state index is 12.1. The smallest absolute Gasteiger partial charge is 0.322 e. The average molecular weight is 380 g/mol. The van der Waals surface area contributed by atoms with Gasteiger partial charge in [0.2, 0.25) is 11.8 Å². The van der Waals surface area contributed by atoms with E-state index in [0.29, 0.717) is 5.89 Å². The molecule has 0 aliphatic carbocycles. The molecule has 0 bridgehead atoms. The zero-order valence-electron chi connectivity index (χ0n) is 15.9. The summed E-state index contributed by atoms with van der Waals surface area (Å²) in [5.41, 5.74) is 1.62. The van der Waals surface area contributed by atoms with E-state index < -0.39 is 0 Å². The Morgan fingerprint density at radius 2 is 1.82 bits per heavy atom. The zero-order valence-corrected chi connectivity index (χ0v) is 15.9. The second kappa shape index (κ2) is 10.1. The van der Waals surface area contributed by atoms with Crippen LogP contribution in [-0.4, -0.2) is 29.3 Å². The first kappa shape index (κ1) is 19.4. The van der Waals surface area contributed by atoms with Gasteiger partial charge in [-0.1, -0.05) is 43.1 Å². The molecule has 0 aliphatic rings. The van der Waals surface area contributed by atoms with Crippen LogP contribution >= 0.6 is 0 Å². The summed E-state index contributed by atoms with van der Waals surface area (Å²) >= 11 is 0. The number of hydrogen-bond donors (Lipinski definition) is 2. The summed E-state index contributed by atoms with van der Waals surface area (Å²) < 4.78 is 11.1. The van der Waals surface area contributed by atoms with Crippen LogP contribution in [0.4, 0.5) is 11.7 Å². The SMILES string of the molecule is CCCCCOc1ccc(NCC(=O)Nc2nnc(-c3ccccc3)o2)cc1. The van der Waals surface area contributed by atoms with Crippen LogP contribution < -0.4 is 15.4 Å².